The highest BCUT2D eigenvalue weighted by atomic mass is 16.6. The first-order chi connectivity index (χ1) is 10.1. The highest BCUT2D eigenvalue weighted by Gasteiger charge is 2.30. The van der Waals surface area contributed by atoms with E-state index >= 15 is 0 Å². The van der Waals surface area contributed by atoms with Crippen molar-refractivity contribution in [2.75, 3.05) is 19.6 Å². The fourth-order valence-corrected chi connectivity index (χ4v) is 2.81. The maximum absolute atomic E-state index is 12.3. The van der Waals surface area contributed by atoms with Gasteiger partial charge < -0.3 is 15.2 Å². The molecular weight excluding hydrogens is 272 g/mol. The van der Waals surface area contributed by atoms with Crippen LogP contribution in [0.4, 0.5) is 5.69 Å². The molecule has 3 rings (SSSR count). The smallest absolute Gasteiger partial charge is 0.287 e. The lowest BCUT2D eigenvalue weighted by Gasteiger charge is -2.22. The molecule has 1 aromatic rings. The van der Waals surface area contributed by atoms with E-state index in [-0.39, 0.29) is 17.6 Å². The molecular formula is C14H20N4O3. The summed E-state index contributed by atoms with van der Waals surface area (Å²) >= 11 is 0. The second kappa shape index (κ2) is 5.85. The summed E-state index contributed by atoms with van der Waals surface area (Å²) in [5.41, 5.74) is 0.409. The number of nitro groups is 1. The number of hydrogen-bond acceptors (Lipinski definition) is 4. The first-order valence-corrected chi connectivity index (χ1v) is 7.50. The first-order valence-electron chi connectivity index (χ1n) is 7.50. The number of hydrogen-bond donors (Lipinski definition) is 2. The van der Waals surface area contributed by atoms with Crippen LogP contribution < -0.4 is 10.6 Å². The molecule has 1 aliphatic carbocycles. The SMILES string of the molecule is O=C(NCC1CCNCC1)c1cc([N+](=O)[O-])cn1C1CC1. The number of piperidine rings is 1. The molecule has 2 fully saturated rings. The minimum atomic E-state index is -0.442. The van der Waals surface area contributed by atoms with Crippen LogP contribution in [0.15, 0.2) is 12.3 Å². The highest BCUT2D eigenvalue weighted by molar-refractivity contribution is 5.93. The molecule has 1 aliphatic heterocycles. The van der Waals surface area contributed by atoms with Gasteiger partial charge in [0.2, 0.25) is 0 Å². The lowest BCUT2D eigenvalue weighted by molar-refractivity contribution is -0.384. The van der Waals surface area contributed by atoms with Crippen molar-refractivity contribution in [3.63, 3.8) is 0 Å². The van der Waals surface area contributed by atoms with Crippen molar-refractivity contribution in [2.45, 2.75) is 31.7 Å². The molecule has 1 saturated heterocycles. The van der Waals surface area contributed by atoms with E-state index in [1.54, 1.807) is 4.57 Å². The van der Waals surface area contributed by atoms with Crippen LogP contribution in [0.1, 0.15) is 42.2 Å². The van der Waals surface area contributed by atoms with Gasteiger partial charge in [-0.1, -0.05) is 0 Å². The third-order valence-electron chi connectivity index (χ3n) is 4.23. The van der Waals surface area contributed by atoms with Crippen LogP contribution in [0.5, 0.6) is 0 Å². The molecule has 0 aromatic carbocycles. The average Bonchev–Trinajstić information content (AvgIpc) is 3.24. The van der Waals surface area contributed by atoms with Crippen molar-refractivity contribution in [3.8, 4) is 0 Å². The summed E-state index contributed by atoms with van der Waals surface area (Å²) in [6.07, 6.45) is 5.58. The van der Waals surface area contributed by atoms with E-state index in [1.807, 2.05) is 0 Å². The van der Waals surface area contributed by atoms with Crippen molar-refractivity contribution in [3.05, 3.63) is 28.1 Å². The van der Waals surface area contributed by atoms with E-state index in [4.69, 9.17) is 0 Å². The molecule has 7 heteroatoms. The Labute approximate surface area is 122 Å². The molecule has 1 saturated carbocycles. The number of amides is 1. The number of nitrogens with one attached hydrogen (secondary N) is 2. The quantitative estimate of drug-likeness (QED) is 0.635. The number of aromatic nitrogens is 1. The van der Waals surface area contributed by atoms with Gasteiger partial charge in [0.05, 0.1) is 11.1 Å². The zero-order chi connectivity index (χ0) is 14.8. The van der Waals surface area contributed by atoms with Gasteiger partial charge in [0.1, 0.15) is 5.69 Å². The fraction of sp³-hybridized carbons (Fsp3) is 0.643. The van der Waals surface area contributed by atoms with Gasteiger partial charge in [0, 0.05) is 18.7 Å². The Morgan fingerprint density at radius 3 is 2.71 bits per heavy atom. The molecule has 0 bridgehead atoms. The summed E-state index contributed by atoms with van der Waals surface area (Å²) in [5.74, 6) is 0.294. The zero-order valence-corrected chi connectivity index (χ0v) is 11.9. The van der Waals surface area contributed by atoms with Crippen molar-refractivity contribution in [1.82, 2.24) is 15.2 Å². The van der Waals surface area contributed by atoms with Crippen molar-refractivity contribution < 1.29 is 9.72 Å². The largest absolute Gasteiger partial charge is 0.350 e. The molecule has 0 radical (unpaired) electrons. The van der Waals surface area contributed by atoms with Gasteiger partial charge in [0.25, 0.3) is 11.6 Å². The lowest BCUT2D eigenvalue weighted by Crippen LogP contribution is -2.36. The monoisotopic (exact) mass is 292 g/mol. The second-order valence-corrected chi connectivity index (χ2v) is 5.88. The normalized spacial score (nSPS) is 19.4. The highest BCUT2D eigenvalue weighted by Crippen LogP contribution is 2.37. The lowest BCUT2D eigenvalue weighted by atomic mass is 9.98. The predicted molar refractivity (Wildman–Crippen MR) is 77.3 cm³/mol. The van der Waals surface area contributed by atoms with Gasteiger partial charge in [-0.3, -0.25) is 14.9 Å². The minimum Gasteiger partial charge on any atom is -0.350 e. The van der Waals surface area contributed by atoms with E-state index in [1.165, 1.54) is 12.3 Å². The van der Waals surface area contributed by atoms with Crippen LogP contribution >= 0.6 is 0 Å². The summed E-state index contributed by atoms with van der Waals surface area (Å²) in [6, 6.07) is 1.63. The molecule has 1 aromatic heterocycles. The molecule has 1 amide bonds. The van der Waals surface area contributed by atoms with Crippen molar-refractivity contribution in [1.29, 1.82) is 0 Å². The molecule has 2 aliphatic rings. The van der Waals surface area contributed by atoms with Crippen LogP contribution in [0.3, 0.4) is 0 Å². The Morgan fingerprint density at radius 1 is 1.38 bits per heavy atom. The predicted octanol–water partition coefficient (Wildman–Crippen LogP) is 1.46. The molecule has 2 N–H and O–H groups in total. The Balaban J connectivity index is 1.66. The van der Waals surface area contributed by atoms with Crippen molar-refractivity contribution in [2.24, 2.45) is 5.92 Å². The number of carbonyl (C=O) groups is 1. The van der Waals surface area contributed by atoms with Crippen LogP contribution in [0.2, 0.25) is 0 Å². The summed E-state index contributed by atoms with van der Waals surface area (Å²) in [7, 11) is 0. The molecule has 0 spiro atoms. The van der Waals surface area contributed by atoms with Gasteiger partial charge in [-0.25, -0.2) is 0 Å². The fourth-order valence-electron chi connectivity index (χ4n) is 2.81. The summed E-state index contributed by atoms with van der Waals surface area (Å²) < 4.78 is 1.76. The molecule has 0 unspecified atom stereocenters. The third-order valence-corrected chi connectivity index (χ3v) is 4.23. The maximum Gasteiger partial charge on any atom is 0.287 e. The van der Waals surface area contributed by atoms with Gasteiger partial charge in [-0.05, 0) is 44.7 Å². The molecule has 21 heavy (non-hydrogen) atoms. The van der Waals surface area contributed by atoms with E-state index in [0.29, 0.717) is 18.2 Å². The Bertz CT molecular complexity index is 544. The summed E-state index contributed by atoms with van der Waals surface area (Å²) in [5, 5.41) is 17.1. The van der Waals surface area contributed by atoms with Gasteiger partial charge in [-0.15, -0.1) is 0 Å². The van der Waals surface area contributed by atoms with Crippen LogP contribution in [-0.2, 0) is 0 Å². The molecule has 7 nitrogen and oxygen atoms in total. The van der Waals surface area contributed by atoms with E-state index in [0.717, 1.165) is 38.8 Å². The number of nitrogens with zero attached hydrogens (tertiary/aromatic N) is 2. The Hall–Kier alpha value is -1.89. The molecule has 2 heterocycles. The van der Waals surface area contributed by atoms with Gasteiger partial charge >= 0.3 is 0 Å². The Kier molecular flexibility index (Phi) is 3.92. The minimum absolute atomic E-state index is 0.00563. The Morgan fingerprint density at radius 2 is 2.10 bits per heavy atom. The van der Waals surface area contributed by atoms with Gasteiger partial charge in [-0.2, -0.15) is 0 Å². The maximum atomic E-state index is 12.3. The van der Waals surface area contributed by atoms with E-state index in [9.17, 15) is 14.9 Å². The van der Waals surface area contributed by atoms with Crippen LogP contribution in [0.25, 0.3) is 0 Å². The number of carbonyl (C=O) groups excluding carboxylic acids is 1. The van der Waals surface area contributed by atoms with Crippen LogP contribution in [-0.4, -0.2) is 35.0 Å². The average molecular weight is 292 g/mol. The summed E-state index contributed by atoms with van der Waals surface area (Å²) in [4.78, 5) is 22.8. The summed E-state index contributed by atoms with van der Waals surface area (Å²) in [6.45, 7) is 2.62. The van der Waals surface area contributed by atoms with E-state index in [2.05, 4.69) is 10.6 Å². The zero-order valence-electron chi connectivity index (χ0n) is 11.9. The second-order valence-electron chi connectivity index (χ2n) is 5.88. The van der Waals surface area contributed by atoms with Gasteiger partial charge in [0.15, 0.2) is 0 Å². The first kappa shape index (κ1) is 14.1. The van der Waals surface area contributed by atoms with Crippen molar-refractivity contribution >= 4 is 11.6 Å². The third kappa shape index (κ3) is 3.24. The standard InChI is InChI=1S/C14H20N4O3/c19-14(16-8-10-3-5-15-6-4-10)13-7-12(18(20)21)9-17(13)11-1-2-11/h7,9-11,15H,1-6,8H2,(H,16,19). The molecule has 114 valence electrons. The topological polar surface area (TPSA) is 89.2 Å². The number of rotatable bonds is 5. The van der Waals surface area contributed by atoms with E-state index < -0.39 is 4.92 Å². The molecule has 0 atom stereocenters. The van der Waals surface area contributed by atoms with Crippen LogP contribution in [0, 0.1) is 16.0 Å².